The number of nitrogens with one attached hydrogen (secondary N) is 1. The highest BCUT2D eigenvalue weighted by Gasteiger charge is 2.26. The zero-order chi connectivity index (χ0) is 29.4. The van der Waals surface area contributed by atoms with E-state index >= 15 is 0 Å². The van der Waals surface area contributed by atoms with Crippen LogP contribution in [0, 0.1) is 0 Å². The predicted molar refractivity (Wildman–Crippen MR) is 161 cm³/mol. The molecule has 2 N–H and O–H groups in total. The molecule has 0 saturated carbocycles. The molecule has 0 aliphatic rings. The molecule has 4 aromatic carbocycles. The lowest BCUT2D eigenvalue weighted by atomic mass is 9.94. The molecular formula is C33H34ClNO5S. The number of ether oxygens (including phenoxy) is 1. The van der Waals surface area contributed by atoms with Crippen LogP contribution in [0.3, 0.4) is 0 Å². The molecule has 0 spiro atoms. The Morgan fingerprint density at radius 3 is 2.22 bits per heavy atom. The highest BCUT2D eigenvalue weighted by atomic mass is 35.5. The third-order valence-corrected chi connectivity index (χ3v) is 8.88. The van der Waals surface area contributed by atoms with Crippen molar-refractivity contribution in [2.24, 2.45) is 0 Å². The molecule has 0 bridgehead atoms. The molecule has 3 atom stereocenters. The summed E-state index contributed by atoms with van der Waals surface area (Å²) >= 11 is 6.19. The van der Waals surface area contributed by atoms with E-state index in [1.807, 2.05) is 49.4 Å². The molecule has 0 aliphatic carbocycles. The minimum atomic E-state index is -3.94. The van der Waals surface area contributed by atoms with Crippen LogP contribution in [-0.4, -0.2) is 38.2 Å². The standard InChI is InChI=1S/C33H34ClNO5S/c1-3-40-33(37)29-14-7-8-15-31(29)41(38,39)28-18-16-25(17-19-28)20-23(2)35-30(21-24-10-5-4-6-11-24)32(36)26-12-9-13-27(34)22-26/h4-19,22-23,30,32,35-36H,3,20-21H2,1-2H3/t23-,30?,32-/m1/s1. The molecule has 0 aromatic heterocycles. The van der Waals surface area contributed by atoms with Crippen LogP contribution in [-0.2, 0) is 27.4 Å². The molecule has 1 unspecified atom stereocenters. The molecule has 0 radical (unpaired) electrons. The van der Waals surface area contributed by atoms with Gasteiger partial charge in [0, 0.05) is 17.1 Å². The molecule has 8 heteroatoms. The summed E-state index contributed by atoms with van der Waals surface area (Å²) in [7, 11) is -3.94. The maximum atomic E-state index is 13.4. The normalized spacial score (nSPS) is 13.8. The summed E-state index contributed by atoms with van der Waals surface area (Å²) in [5.41, 5.74) is 2.77. The summed E-state index contributed by atoms with van der Waals surface area (Å²) in [4.78, 5) is 12.4. The smallest absolute Gasteiger partial charge is 0.339 e. The summed E-state index contributed by atoms with van der Waals surface area (Å²) in [6.07, 6.45) is 0.423. The summed E-state index contributed by atoms with van der Waals surface area (Å²) < 4.78 is 31.8. The number of esters is 1. The fourth-order valence-corrected chi connectivity index (χ4v) is 6.49. The molecule has 0 amide bonds. The Morgan fingerprint density at radius 2 is 1.54 bits per heavy atom. The van der Waals surface area contributed by atoms with Crippen LogP contribution in [0.15, 0.2) is 113 Å². The van der Waals surface area contributed by atoms with E-state index in [1.54, 1.807) is 55.5 Å². The Morgan fingerprint density at radius 1 is 0.878 bits per heavy atom. The summed E-state index contributed by atoms with van der Waals surface area (Å²) in [6.45, 7) is 3.85. The molecular weight excluding hydrogens is 558 g/mol. The topological polar surface area (TPSA) is 92.7 Å². The van der Waals surface area contributed by atoms with Gasteiger partial charge in [0.2, 0.25) is 9.84 Å². The molecule has 0 fully saturated rings. The van der Waals surface area contributed by atoms with Crippen molar-refractivity contribution in [3.63, 3.8) is 0 Å². The van der Waals surface area contributed by atoms with E-state index in [-0.39, 0.29) is 34.0 Å². The van der Waals surface area contributed by atoms with Gasteiger partial charge in [0.15, 0.2) is 0 Å². The number of aliphatic hydroxyl groups is 1. The minimum absolute atomic E-state index is 0.0129. The number of benzene rings is 4. The molecule has 0 heterocycles. The van der Waals surface area contributed by atoms with Crippen molar-refractivity contribution in [1.82, 2.24) is 5.32 Å². The third-order valence-electron chi connectivity index (χ3n) is 6.82. The van der Waals surface area contributed by atoms with Crippen molar-refractivity contribution < 1.29 is 23.1 Å². The number of aliphatic hydroxyl groups excluding tert-OH is 1. The molecule has 6 nitrogen and oxygen atoms in total. The van der Waals surface area contributed by atoms with Gasteiger partial charge >= 0.3 is 5.97 Å². The number of carbonyl (C=O) groups excluding carboxylic acids is 1. The second-order valence-corrected chi connectivity index (χ2v) is 12.3. The quantitative estimate of drug-likeness (QED) is 0.190. The first-order valence-electron chi connectivity index (χ1n) is 13.5. The first-order chi connectivity index (χ1) is 19.7. The molecule has 0 saturated heterocycles. The summed E-state index contributed by atoms with van der Waals surface area (Å²) in [5, 5.41) is 15.4. The first-order valence-corrected chi connectivity index (χ1v) is 15.4. The predicted octanol–water partition coefficient (Wildman–Crippen LogP) is 6.22. The third kappa shape index (κ3) is 7.83. The van der Waals surface area contributed by atoms with E-state index < -0.39 is 21.9 Å². The number of sulfone groups is 1. The maximum Gasteiger partial charge on any atom is 0.339 e. The van der Waals surface area contributed by atoms with Gasteiger partial charge in [-0.1, -0.05) is 78.3 Å². The first kappa shape index (κ1) is 30.5. The molecule has 0 aliphatic heterocycles. The van der Waals surface area contributed by atoms with Crippen LogP contribution in [0.25, 0.3) is 0 Å². The van der Waals surface area contributed by atoms with Gasteiger partial charge < -0.3 is 15.2 Å². The average molecular weight is 592 g/mol. The van der Waals surface area contributed by atoms with Gasteiger partial charge in [0.25, 0.3) is 0 Å². The summed E-state index contributed by atoms with van der Waals surface area (Å²) in [5.74, 6) is -0.673. The molecule has 214 valence electrons. The number of carbonyl (C=O) groups is 1. The largest absolute Gasteiger partial charge is 0.462 e. The lowest BCUT2D eigenvalue weighted by molar-refractivity contribution is 0.0522. The van der Waals surface area contributed by atoms with Gasteiger partial charge in [-0.3, -0.25) is 0 Å². The van der Waals surface area contributed by atoms with Crippen molar-refractivity contribution >= 4 is 27.4 Å². The van der Waals surface area contributed by atoms with Crippen LogP contribution in [0.1, 0.15) is 47.0 Å². The zero-order valence-electron chi connectivity index (χ0n) is 23.0. The Hall–Kier alpha value is -3.49. The van der Waals surface area contributed by atoms with E-state index in [1.165, 1.54) is 12.1 Å². The molecule has 4 aromatic rings. The van der Waals surface area contributed by atoms with Crippen molar-refractivity contribution in [1.29, 1.82) is 0 Å². The van der Waals surface area contributed by atoms with Crippen LogP contribution in [0.5, 0.6) is 0 Å². The average Bonchev–Trinajstić information content (AvgIpc) is 2.97. The maximum absolute atomic E-state index is 13.4. The van der Waals surface area contributed by atoms with E-state index in [2.05, 4.69) is 5.32 Å². The Labute approximate surface area is 246 Å². The Balaban J connectivity index is 1.50. The van der Waals surface area contributed by atoms with E-state index in [0.29, 0.717) is 17.9 Å². The van der Waals surface area contributed by atoms with E-state index in [0.717, 1.165) is 16.7 Å². The minimum Gasteiger partial charge on any atom is -0.462 e. The second-order valence-electron chi connectivity index (χ2n) is 9.93. The van der Waals surface area contributed by atoms with Crippen LogP contribution in [0.4, 0.5) is 0 Å². The van der Waals surface area contributed by atoms with Gasteiger partial charge in [0.05, 0.1) is 28.1 Å². The van der Waals surface area contributed by atoms with Crippen molar-refractivity contribution in [3.8, 4) is 0 Å². The fraction of sp³-hybridized carbons (Fsp3) is 0.242. The lowest BCUT2D eigenvalue weighted by Crippen LogP contribution is -2.43. The van der Waals surface area contributed by atoms with Crippen LogP contribution >= 0.6 is 11.6 Å². The second kappa shape index (κ2) is 13.9. The SMILES string of the molecule is CCOC(=O)c1ccccc1S(=O)(=O)c1ccc(C[C@@H](C)NC(Cc2ccccc2)[C@H](O)c2cccc(Cl)c2)cc1. The van der Waals surface area contributed by atoms with Gasteiger partial charge in [-0.2, -0.15) is 0 Å². The van der Waals surface area contributed by atoms with Gasteiger partial charge in [-0.25, -0.2) is 13.2 Å². The zero-order valence-corrected chi connectivity index (χ0v) is 24.6. The number of halogens is 1. The molecule has 41 heavy (non-hydrogen) atoms. The highest BCUT2D eigenvalue weighted by molar-refractivity contribution is 7.91. The monoisotopic (exact) mass is 591 g/mol. The fourth-order valence-electron chi connectivity index (χ4n) is 4.84. The molecule has 4 rings (SSSR count). The van der Waals surface area contributed by atoms with E-state index in [9.17, 15) is 18.3 Å². The van der Waals surface area contributed by atoms with Gasteiger partial charge in [0.1, 0.15) is 0 Å². The number of hydrogen-bond acceptors (Lipinski definition) is 6. The van der Waals surface area contributed by atoms with Crippen molar-refractivity contribution in [2.75, 3.05) is 6.61 Å². The van der Waals surface area contributed by atoms with Gasteiger partial charge in [-0.05, 0) is 79.8 Å². The van der Waals surface area contributed by atoms with Crippen LogP contribution < -0.4 is 5.32 Å². The number of rotatable bonds is 12. The Kier molecular flexibility index (Phi) is 10.3. The van der Waals surface area contributed by atoms with Crippen LogP contribution in [0.2, 0.25) is 5.02 Å². The number of hydrogen-bond donors (Lipinski definition) is 2. The van der Waals surface area contributed by atoms with Crippen molar-refractivity contribution in [2.45, 2.75) is 54.7 Å². The van der Waals surface area contributed by atoms with Crippen molar-refractivity contribution in [3.05, 3.63) is 130 Å². The van der Waals surface area contributed by atoms with E-state index in [4.69, 9.17) is 16.3 Å². The highest BCUT2D eigenvalue weighted by Crippen LogP contribution is 2.26. The Bertz CT molecular complexity index is 1560. The van der Waals surface area contributed by atoms with Gasteiger partial charge in [-0.15, -0.1) is 0 Å². The summed E-state index contributed by atoms with van der Waals surface area (Å²) in [6, 6.07) is 29.6. The lowest BCUT2D eigenvalue weighted by Gasteiger charge is -2.28.